The Kier molecular flexibility index (Phi) is 5.53. The van der Waals surface area contributed by atoms with E-state index < -0.39 is 0 Å². The lowest BCUT2D eigenvalue weighted by Gasteiger charge is -2.57. The van der Waals surface area contributed by atoms with Gasteiger partial charge >= 0.3 is 0 Å². The van der Waals surface area contributed by atoms with E-state index in [9.17, 15) is 14.0 Å². The van der Waals surface area contributed by atoms with Crippen LogP contribution in [0.5, 0.6) is 0 Å². The quantitative estimate of drug-likeness (QED) is 0.785. The highest BCUT2D eigenvalue weighted by Crippen LogP contribution is 2.60. The van der Waals surface area contributed by atoms with E-state index in [1.165, 1.54) is 31.4 Å². The summed E-state index contributed by atoms with van der Waals surface area (Å²) >= 11 is 0. The molecule has 1 saturated heterocycles. The third kappa shape index (κ3) is 4.11. The predicted octanol–water partition coefficient (Wildman–Crippen LogP) is 3.19. The van der Waals surface area contributed by atoms with E-state index in [0.717, 1.165) is 68.8 Å². The van der Waals surface area contributed by atoms with Crippen LogP contribution in [0.15, 0.2) is 24.3 Å². The van der Waals surface area contributed by atoms with Gasteiger partial charge in [0.1, 0.15) is 5.82 Å². The maximum absolute atomic E-state index is 13.5. The number of halogens is 1. The molecule has 1 N–H and O–H groups in total. The molecule has 0 aromatic heterocycles. The van der Waals surface area contributed by atoms with E-state index >= 15 is 0 Å². The van der Waals surface area contributed by atoms with E-state index in [4.69, 9.17) is 0 Å². The molecule has 4 saturated carbocycles. The molecule has 31 heavy (non-hydrogen) atoms. The predicted molar refractivity (Wildman–Crippen MR) is 116 cm³/mol. The van der Waals surface area contributed by atoms with Crippen LogP contribution < -0.4 is 5.32 Å². The number of carbonyl (C=O) groups is 2. The fourth-order valence-corrected chi connectivity index (χ4v) is 7.13. The first-order valence-electron chi connectivity index (χ1n) is 12.0. The topological polar surface area (TPSA) is 52.7 Å². The molecule has 2 amide bonds. The summed E-state index contributed by atoms with van der Waals surface area (Å²) in [7, 11) is 0. The molecule has 1 aromatic carbocycles. The van der Waals surface area contributed by atoms with Crippen LogP contribution in [0.2, 0.25) is 0 Å². The fraction of sp³-hybridized carbons (Fsp3) is 0.680. The van der Waals surface area contributed by atoms with Crippen LogP contribution in [0, 0.1) is 29.0 Å². The largest absolute Gasteiger partial charge is 0.351 e. The van der Waals surface area contributed by atoms with Crippen molar-refractivity contribution in [3.63, 3.8) is 0 Å². The molecular weight excluding hydrogens is 393 g/mol. The summed E-state index contributed by atoms with van der Waals surface area (Å²) in [6.07, 6.45) is 7.39. The number of amides is 2. The van der Waals surface area contributed by atoms with Gasteiger partial charge in [-0.3, -0.25) is 14.5 Å². The van der Waals surface area contributed by atoms with Crippen molar-refractivity contribution in [2.45, 2.75) is 58.0 Å². The Morgan fingerprint density at radius 1 is 1.00 bits per heavy atom. The van der Waals surface area contributed by atoms with Gasteiger partial charge in [-0.25, -0.2) is 4.39 Å². The summed E-state index contributed by atoms with van der Waals surface area (Å²) in [6.45, 7) is 5.24. The van der Waals surface area contributed by atoms with Gasteiger partial charge in [0.15, 0.2) is 0 Å². The van der Waals surface area contributed by atoms with Crippen molar-refractivity contribution < 1.29 is 14.0 Å². The highest BCUT2D eigenvalue weighted by atomic mass is 19.1. The SMILES string of the molecule is CC(C(=O)NCc1ccc(F)cc1)N1CCN(C(=O)C23CC4CC(CC(C4)C2)C3)CC1. The van der Waals surface area contributed by atoms with E-state index in [0.29, 0.717) is 12.5 Å². The number of carbonyl (C=O) groups excluding carboxylic acids is 2. The third-order valence-corrected chi connectivity index (χ3v) is 8.40. The lowest BCUT2D eigenvalue weighted by Crippen LogP contribution is -2.60. The van der Waals surface area contributed by atoms with Crippen LogP contribution in [0.3, 0.4) is 0 Å². The summed E-state index contributed by atoms with van der Waals surface area (Å²) in [4.78, 5) is 30.4. The Bertz CT molecular complexity index is 796. The summed E-state index contributed by atoms with van der Waals surface area (Å²) in [6, 6.07) is 5.96. The van der Waals surface area contributed by atoms with Crippen LogP contribution in [0.25, 0.3) is 0 Å². The second-order valence-electron chi connectivity index (χ2n) is 10.5. The molecule has 1 heterocycles. The summed E-state index contributed by atoms with van der Waals surface area (Å²) in [5.41, 5.74) is 0.808. The van der Waals surface area contributed by atoms with E-state index in [1.807, 2.05) is 6.92 Å². The Balaban J connectivity index is 1.13. The Morgan fingerprint density at radius 3 is 2.10 bits per heavy atom. The molecule has 5 fully saturated rings. The Morgan fingerprint density at radius 2 is 1.55 bits per heavy atom. The average molecular weight is 428 g/mol. The molecule has 4 bridgehead atoms. The van der Waals surface area contributed by atoms with E-state index in [2.05, 4.69) is 15.1 Å². The summed E-state index contributed by atoms with van der Waals surface area (Å²) in [5.74, 6) is 2.44. The maximum atomic E-state index is 13.5. The normalized spacial score (nSPS) is 33.4. The van der Waals surface area contributed by atoms with Gasteiger partial charge in [0.25, 0.3) is 0 Å². The average Bonchev–Trinajstić information content (AvgIpc) is 2.76. The minimum absolute atomic E-state index is 0.0230. The molecular formula is C25H34FN3O2. The van der Waals surface area contributed by atoms with Crippen molar-refractivity contribution in [3.05, 3.63) is 35.6 Å². The zero-order valence-corrected chi connectivity index (χ0v) is 18.5. The lowest BCUT2D eigenvalue weighted by atomic mass is 9.49. The van der Waals surface area contributed by atoms with Crippen molar-refractivity contribution in [1.82, 2.24) is 15.1 Å². The van der Waals surface area contributed by atoms with Crippen molar-refractivity contribution in [3.8, 4) is 0 Å². The fourth-order valence-electron chi connectivity index (χ4n) is 7.13. The summed E-state index contributed by atoms with van der Waals surface area (Å²) in [5, 5.41) is 2.95. The van der Waals surface area contributed by atoms with Crippen LogP contribution in [-0.2, 0) is 16.1 Å². The molecule has 4 aliphatic carbocycles. The van der Waals surface area contributed by atoms with Gasteiger partial charge in [-0.05, 0) is 80.9 Å². The molecule has 1 aliphatic heterocycles. The number of nitrogens with one attached hydrogen (secondary N) is 1. The smallest absolute Gasteiger partial charge is 0.237 e. The molecule has 0 spiro atoms. The highest BCUT2D eigenvalue weighted by Gasteiger charge is 2.55. The number of hydrogen-bond donors (Lipinski definition) is 1. The van der Waals surface area contributed by atoms with Crippen molar-refractivity contribution in [2.24, 2.45) is 23.2 Å². The van der Waals surface area contributed by atoms with Crippen molar-refractivity contribution in [2.75, 3.05) is 26.2 Å². The minimum Gasteiger partial charge on any atom is -0.351 e. The van der Waals surface area contributed by atoms with Gasteiger partial charge in [0, 0.05) is 32.7 Å². The number of piperazine rings is 1. The molecule has 1 aromatic rings. The molecule has 168 valence electrons. The van der Waals surface area contributed by atoms with Crippen molar-refractivity contribution in [1.29, 1.82) is 0 Å². The maximum Gasteiger partial charge on any atom is 0.237 e. The monoisotopic (exact) mass is 427 g/mol. The first-order valence-corrected chi connectivity index (χ1v) is 12.0. The van der Waals surface area contributed by atoms with Crippen LogP contribution >= 0.6 is 0 Å². The zero-order valence-electron chi connectivity index (χ0n) is 18.5. The first kappa shape index (κ1) is 20.9. The van der Waals surface area contributed by atoms with Gasteiger partial charge in [0.05, 0.1) is 11.5 Å². The zero-order chi connectivity index (χ0) is 21.6. The second-order valence-corrected chi connectivity index (χ2v) is 10.5. The first-order chi connectivity index (χ1) is 14.9. The van der Waals surface area contributed by atoms with Crippen molar-refractivity contribution >= 4 is 11.8 Å². The number of nitrogens with zero attached hydrogens (tertiary/aromatic N) is 2. The molecule has 6 heteroatoms. The van der Waals surface area contributed by atoms with Gasteiger partial charge in [-0.2, -0.15) is 0 Å². The number of rotatable bonds is 5. The second kappa shape index (κ2) is 8.19. The number of benzene rings is 1. The Hall–Kier alpha value is -1.95. The molecule has 6 rings (SSSR count). The van der Waals surface area contributed by atoms with E-state index in [1.54, 1.807) is 12.1 Å². The van der Waals surface area contributed by atoms with E-state index in [-0.39, 0.29) is 23.2 Å². The highest BCUT2D eigenvalue weighted by molar-refractivity contribution is 5.84. The standard InChI is InChI=1S/C25H34FN3O2/c1-17(23(30)27-16-18-2-4-22(26)5-3-18)28-6-8-29(9-7-28)24(31)25-13-19-10-20(14-25)12-21(11-19)15-25/h2-5,17,19-21H,6-16H2,1H3,(H,27,30). The molecule has 1 unspecified atom stereocenters. The van der Waals surface area contributed by atoms with Gasteiger partial charge in [0.2, 0.25) is 11.8 Å². The van der Waals surface area contributed by atoms with Crippen LogP contribution in [0.4, 0.5) is 4.39 Å². The third-order valence-electron chi connectivity index (χ3n) is 8.40. The van der Waals surface area contributed by atoms with Gasteiger partial charge < -0.3 is 10.2 Å². The Labute approximate surface area is 184 Å². The molecule has 1 atom stereocenters. The van der Waals surface area contributed by atoms with Crippen LogP contribution in [-0.4, -0.2) is 53.8 Å². The molecule has 5 aliphatic rings. The van der Waals surface area contributed by atoms with Gasteiger partial charge in [-0.1, -0.05) is 12.1 Å². The van der Waals surface area contributed by atoms with Crippen LogP contribution in [0.1, 0.15) is 51.0 Å². The lowest BCUT2D eigenvalue weighted by molar-refractivity contribution is -0.159. The molecule has 5 nitrogen and oxygen atoms in total. The number of hydrogen-bond acceptors (Lipinski definition) is 3. The van der Waals surface area contributed by atoms with Gasteiger partial charge in [-0.15, -0.1) is 0 Å². The minimum atomic E-state index is -0.274. The molecule has 0 radical (unpaired) electrons. The summed E-state index contributed by atoms with van der Waals surface area (Å²) < 4.78 is 13.0.